The number of esters is 1. The van der Waals surface area contributed by atoms with Crippen molar-refractivity contribution in [3.8, 4) is 11.5 Å². The molecular weight excluding hydrogens is 440 g/mol. The molecule has 1 N–H and O–H groups in total. The zero-order valence-corrected chi connectivity index (χ0v) is 18.2. The first-order chi connectivity index (χ1) is 16.1. The van der Waals surface area contributed by atoms with Crippen LogP contribution in [0.3, 0.4) is 0 Å². The smallest absolute Gasteiger partial charge is 0.344 e. The monoisotopic (exact) mass is 458 g/mol. The molecule has 4 rings (SSSR count). The molecule has 0 radical (unpaired) electrons. The second kappa shape index (κ2) is 10.4. The van der Waals surface area contributed by atoms with E-state index in [4.69, 9.17) is 21.1 Å². The van der Waals surface area contributed by atoms with Gasteiger partial charge in [0.05, 0.1) is 16.8 Å². The van der Waals surface area contributed by atoms with Crippen molar-refractivity contribution in [2.75, 3.05) is 6.61 Å². The van der Waals surface area contributed by atoms with E-state index in [1.807, 2.05) is 36.4 Å². The summed E-state index contributed by atoms with van der Waals surface area (Å²) in [6.07, 6.45) is 1.48. The van der Waals surface area contributed by atoms with Crippen molar-refractivity contribution in [1.29, 1.82) is 0 Å². The van der Waals surface area contributed by atoms with Gasteiger partial charge in [-0.15, -0.1) is 0 Å². The van der Waals surface area contributed by atoms with E-state index in [2.05, 4.69) is 10.5 Å². The number of nitrogens with one attached hydrogen (secondary N) is 1. The van der Waals surface area contributed by atoms with Gasteiger partial charge in [0.1, 0.15) is 11.5 Å². The van der Waals surface area contributed by atoms with Crippen LogP contribution in [0.15, 0.2) is 96.1 Å². The van der Waals surface area contributed by atoms with Gasteiger partial charge in [-0.05, 0) is 58.8 Å². The number of amides is 1. The Balaban J connectivity index is 1.30. The highest BCUT2D eigenvalue weighted by atomic mass is 35.5. The molecule has 0 aliphatic carbocycles. The minimum atomic E-state index is -0.431. The summed E-state index contributed by atoms with van der Waals surface area (Å²) in [6, 6.07) is 26.8. The first kappa shape index (κ1) is 22.0. The topological polar surface area (TPSA) is 77.0 Å². The van der Waals surface area contributed by atoms with Crippen molar-refractivity contribution >= 4 is 40.5 Å². The zero-order valence-electron chi connectivity index (χ0n) is 17.4. The van der Waals surface area contributed by atoms with Crippen LogP contribution in [-0.4, -0.2) is 24.7 Å². The lowest BCUT2D eigenvalue weighted by atomic mass is 10.0. The highest BCUT2D eigenvalue weighted by molar-refractivity contribution is 6.32. The number of hydrogen-bond acceptors (Lipinski definition) is 5. The molecule has 4 aromatic rings. The Morgan fingerprint density at radius 1 is 0.879 bits per heavy atom. The Bertz CT molecular complexity index is 1310. The van der Waals surface area contributed by atoms with Gasteiger partial charge in [-0.1, -0.05) is 60.1 Å². The quantitative estimate of drug-likeness (QED) is 0.178. The summed E-state index contributed by atoms with van der Waals surface area (Å²) >= 11 is 5.98. The number of fused-ring (bicyclic) bond motifs is 1. The lowest BCUT2D eigenvalue weighted by Crippen LogP contribution is -2.24. The molecule has 0 bridgehead atoms. The molecule has 0 saturated carbocycles. The summed E-state index contributed by atoms with van der Waals surface area (Å²) in [5.41, 5.74) is 3.60. The molecule has 0 unspecified atom stereocenters. The fraction of sp³-hybridized carbons (Fsp3) is 0.0385. The summed E-state index contributed by atoms with van der Waals surface area (Å²) in [7, 11) is 0. The van der Waals surface area contributed by atoms with Gasteiger partial charge in [0.2, 0.25) is 0 Å². The minimum absolute atomic E-state index is 0.218. The molecule has 4 aromatic carbocycles. The van der Waals surface area contributed by atoms with Crippen LogP contribution in [0.4, 0.5) is 0 Å². The second-order valence-corrected chi connectivity index (χ2v) is 7.40. The van der Waals surface area contributed by atoms with E-state index in [0.29, 0.717) is 27.6 Å². The predicted octanol–water partition coefficient (Wildman–Crippen LogP) is 5.24. The number of benzene rings is 4. The minimum Gasteiger partial charge on any atom is -0.482 e. The molecule has 0 saturated heterocycles. The number of hydrazone groups is 1. The lowest BCUT2D eigenvalue weighted by Gasteiger charge is -2.07. The van der Waals surface area contributed by atoms with Crippen molar-refractivity contribution < 1.29 is 19.1 Å². The van der Waals surface area contributed by atoms with Gasteiger partial charge in [-0.25, -0.2) is 10.2 Å². The van der Waals surface area contributed by atoms with Crippen LogP contribution in [0.25, 0.3) is 10.8 Å². The van der Waals surface area contributed by atoms with Gasteiger partial charge >= 0.3 is 5.97 Å². The molecule has 33 heavy (non-hydrogen) atoms. The Labute approximate surface area is 195 Å². The molecular formula is C26H19ClN2O4. The SMILES string of the molecule is O=C(COc1ccccc1Cl)N/N=C/c1ccc(OC(=O)c2cccc3ccccc23)cc1. The Hall–Kier alpha value is -4.16. The maximum Gasteiger partial charge on any atom is 0.344 e. The number of carbonyl (C=O) groups excluding carboxylic acids is 2. The second-order valence-electron chi connectivity index (χ2n) is 7.00. The van der Waals surface area contributed by atoms with Crippen LogP contribution in [0.2, 0.25) is 5.02 Å². The molecule has 0 atom stereocenters. The normalized spacial score (nSPS) is 10.8. The Kier molecular flexibility index (Phi) is 6.97. The van der Waals surface area contributed by atoms with E-state index in [9.17, 15) is 9.59 Å². The van der Waals surface area contributed by atoms with Crippen LogP contribution < -0.4 is 14.9 Å². The molecule has 1 amide bonds. The number of rotatable bonds is 7. The third-order valence-electron chi connectivity index (χ3n) is 4.70. The van der Waals surface area contributed by atoms with Crippen LogP contribution in [0, 0.1) is 0 Å². The Morgan fingerprint density at radius 2 is 1.61 bits per heavy atom. The molecule has 0 aromatic heterocycles. The van der Waals surface area contributed by atoms with Gasteiger partial charge < -0.3 is 9.47 Å². The summed E-state index contributed by atoms with van der Waals surface area (Å²) in [4.78, 5) is 24.5. The average Bonchev–Trinajstić information content (AvgIpc) is 2.84. The van der Waals surface area contributed by atoms with Gasteiger partial charge in [0.25, 0.3) is 5.91 Å². The van der Waals surface area contributed by atoms with Gasteiger partial charge in [-0.2, -0.15) is 5.10 Å². The third-order valence-corrected chi connectivity index (χ3v) is 5.01. The molecule has 0 heterocycles. The Morgan fingerprint density at radius 3 is 2.42 bits per heavy atom. The maximum absolute atomic E-state index is 12.6. The summed E-state index contributed by atoms with van der Waals surface area (Å²) in [5.74, 6) is -0.0278. The van der Waals surface area contributed by atoms with E-state index in [1.165, 1.54) is 6.21 Å². The number of hydrogen-bond donors (Lipinski definition) is 1. The first-order valence-corrected chi connectivity index (χ1v) is 10.5. The molecule has 164 valence electrons. The summed E-state index contributed by atoms with van der Waals surface area (Å²) in [5, 5.41) is 6.14. The molecule has 7 heteroatoms. The predicted molar refractivity (Wildman–Crippen MR) is 128 cm³/mol. The first-order valence-electron chi connectivity index (χ1n) is 10.1. The van der Waals surface area contributed by atoms with Crippen LogP contribution in [-0.2, 0) is 4.79 Å². The summed E-state index contributed by atoms with van der Waals surface area (Å²) < 4.78 is 10.9. The third kappa shape index (κ3) is 5.75. The van der Waals surface area contributed by atoms with E-state index in [1.54, 1.807) is 54.6 Å². The van der Waals surface area contributed by atoms with Crippen molar-refractivity contribution in [2.24, 2.45) is 5.10 Å². The molecule has 0 fully saturated rings. The maximum atomic E-state index is 12.6. The van der Waals surface area contributed by atoms with Gasteiger partial charge in [-0.3, -0.25) is 4.79 Å². The van der Waals surface area contributed by atoms with E-state index >= 15 is 0 Å². The van der Waals surface area contributed by atoms with Crippen LogP contribution in [0.1, 0.15) is 15.9 Å². The average molecular weight is 459 g/mol. The number of ether oxygens (including phenoxy) is 2. The van der Waals surface area contributed by atoms with E-state index in [0.717, 1.165) is 10.8 Å². The standard InChI is InChI=1S/C26H19ClN2O4/c27-23-10-3-4-11-24(23)32-17-25(30)29-28-16-18-12-14-20(15-13-18)33-26(31)22-9-5-7-19-6-1-2-8-21(19)22/h1-16H,17H2,(H,29,30)/b28-16+. The highest BCUT2D eigenvalue weighted by Gasteiger charge is 2.12. The van der Waals surface area contributed by atoms with E-state index in [-0.39, 0.29) is 6.61 Å². The van der Waals surface area contributed by atoms with E-state index < -0.39 is 11.9 Å². The van der Waals surface area contributed by atoms with Gasteiger partial charge in [0.15, 0.2) is 6.61 Å². The van der Waals surface area contributed by atoms with Gasteiger partial charge in [0, 0.05) is 0 Å². The van der Waals surface area contributed by atoms with Crippen LogP contribution >= 0.6 is 11.6 Å². The highest BCUT2D eigenvalue weighted by Crippen LogP contribution is 2.23. The van der Waals surface area contributed by atoms with Crippen molar-refractivity contribution in [2.45, 2.75) is 0 Å². The molecule has 0 aliphatic heterocycles. The van der Waals surface area contributed by atoms with Crippen molar-refractivity contribution in [1.82, 2.24) is 5.43 Å². The number of nitrogens with zero attached hydrogens (tertiary/aromatic N) is 1. The van der Waals surface area contributed by atoms with Crippen molar-refractivity contribution in [3.63, 3.8) is 0 Å². The number of halogens is 1. The molecule has 0 spiro atoms. The van der Waals surface area contributed by atoms with Crippen molar-refractivity contribution in [3.05, 3.63) is 107 Å². The van der Waals surface area contributed by atoms with Crippen LogP contribution in [0.5, 0.6) is 11.5 Å². The molecule has 6 nitrogen and oxygen atoms in total. The summed E-state index contributed by atoms with van der Waals surface area (Å²) in [6.45, 7) is -0.218. The lowest BCUT2D eigenvalue weighted by molar-refractivity contribution is -0.123. The number of carbonyl (C=O) groups is 2. The fourth-order valence-corrected chi connectivity index (χ4v) is 3.29. The zero-order chi connectivity index (χ0) is 23.0. The number of para-hydroxylation sites is 1. The molecule has 0 aliphatic rings. The largest absolute Gasteiger partial charge is 0.482 e. The fourth-order valence-electron chi connectivity index (χ4n) is 3.10.